The van der Waals surface area contributed by atoms with Gasteiger partial charge in [0.15, 0.2) is 0 Å². The molecule has 1 aromatic carbocycles. The number of carbonyl (C=O) groups excluding carboxylic acids is 1. The van der Waals surface area contributed by atoms with Crippen LogP contribution in [0.1, 0.15) is 32.3 Å². The lowest BCUT2D eigenvalue weighted by molar-refractivity contribution is -0.115. The molecule has 2 atom stereocenters. The van der Waals surface area contributed by atoms with Crippen LogP contribution in [0.5, 0.6) is 0 Å². The van der Waals surface area contributed by atoms with E-state index in [2.05, 4.69) is 5.32 Å². The molecule has 0 bridgehead atoms. The summed E-state index contributed by atoms with van der Waals surface area (Å²) in [7, 11) is -1.12. The Kier molecular flexibility index (Phi) is 6.02. The van der Waals surface area contributed by atoms with Crippen LogP contribution < -0.4 is 11.1 Å². The van der Waals surface area contributed by atoms with Crippen LogP contribution in [0.3, 0.4) is 0 Å². The van der Waals surface area contributed by atoms with Crippen molar-refractivity contribution in [3.8, 4) is 0 Å². The summed E-state index contributed by atoms with van der Waals surface area (Å²) < 4.78 is 11.9. The number of nitrogens with one attached hydrogen (secondary N) is 1. The number of nitrogens with two attached hydrogens (primary N) is 1. The van der Waals surface area contributed by atoms with Crippen LogP contribution in [0, 0.1) is 6.92 Å². The van der Waals surface area contributed by atoms with Gasteiger partial charge in [0.25, 0.3) is 0 Å². The zero-order valence-electron chi connectivity index (χ0n) is 11.7. The van der Waals surface area contributed by atoms with Crippen molar-refractivity contribution in [1.29, 1.82) is 0 Å². The normalized spacial score (nSPS) is 13.8. The van der Waals surface area contributed by atoms with Crippen LogP contribution in [0.15, 0.2) is 18.2 Å². The lowest BCUT2D eigenvalue weighted by atomic mass is 10.2. The number of unbranched alkanes of at least 4 members (excludes halogenated alkanes) is 1. The van der Waals surface area contributed by atoms with E-state index >= 15 is 0 Å². The van der Waals surface area contributed by atoms with Crippen molar-refractivity contribution in [1.82, 2.24) is 0 Å². The SMILES string of the molecule is CCCCS(=O)C(C)C(=O)Nc1ccc(N)cc1C. The molecule has 3 N–H and O–H groups in total. The van der Waals surface area contributed by atoms with Gasteiger partial charge in [0.05, 0.1) is 0 Å². The molecule has 106 valence electrons. The Hall–Kier alpha value is -1.36. The molecule has 0 aliphatic heterocycles. The van der Waals surface area contributed by atoms with E-state index in [0.29, 0.717) is 11.4 Å². The molecule has 5 heteroatoms. The maximum atomic E-state index is 12.0. The first-order valence-electron chi connectivity index (χ1n) is 6.50. The average molecular weight is 282 g/mol. The van der Waals surface area contributed by atoms with E-state index in [1.165, 1.54) is 0 Å². The summed E-state index contributed by atoms with van der Waals surface area (Å²) >= 11 is 0. The zero-order valence-corrected chi connectivity index (χ0v) is 12.5. The van der Waals surface area contributed by atoms with Crippen LogP contribution in [0.4, 0.5) is 11.4 Å². The van der Waals surface area contributed by atoms with Gasteiger partial charge in [-0.05, 0) is 44.0 Å². The molecule has 0 aliphatic carbocycles. The molecular formula is C14H22N2O2S. The average Bonchev–Trinajstić information content (AvgIpc) is 2.38. The second-order valence-electron chi connectivity index (χ2n) is 4.64. The number of benzene rings is 1. The monoisotopic (exact) mass is 282 g/mol. The first-order chi connectivity index (χ1) is 8.95. The summed E-state index contributed by atoms with van der Waals surface area (Å²) in [4.78, 5) is 12.0. The summed E-state index contributed by atoms with van der Waals surface area (Å²) in [5.74, 6) is 0.369. The molecule has 0 radical (unpaired) electrons. The van der Waals surface area contributed by atoms with E-state index in [9.17, 15) is 9.00 Å². The van der Waals surface area contributed by atoms with Crippen molar-refractivity contribution >= 4 is 28.1 Å². The van der Waals surface area contributed by atoms with E-state index in [1.54, 1.807) is 25.1 Å². The van der Waals surface area contributed by atoms with Crippen LogP contribution in [-0.4, -0.2) is 21.1 Å². The maximum absolute atomic E-state index is 12.0. The highest BCUT2D eigenvalue weighted by Crippen LogP contribution is 2.18. The van der Waals surface area contributed by atoms with Crippen molar-refractivity contribution in [2.75, 3.05) is 16.8 Å². The van der Waals surface area contributed by atoms with Gasteiger partial charge in [-0.3, -0.25) is 9.00 Å². The van der Waals surface area contributed by atoms with Crippen LogP contribution in [0.2, 0.25) is 0 Å². The molecule has 4 nitrogen and oxygen atoms in total. The molecule has 1 amide bonds. The molecule has 0 heterocycles. The largest absolute Gasteiger partial charge is 0.399 e. The number of hydrogen-bond donors (Lipinski definition) is 2. The molecule has 0 saturated carbocycles. The summed E-state index contributed by atoms with van der Waals surface area (Å²) in [6.07, 6.45) is 1.86. The summed E-state index contributed by atoms with van der Waals surface area (Å²) in [6.45, 7) is 5.62. The highest BCUT2D eigenvalue weighted by atomic mass is 32.2. The molecule has 19 heavy (non-hydrogen) atoms. The van der Waals surface area contributed by atoms with E-state index in [4.69, 9.17) is 5.73 Å². The van der Waals surface area contributed by atoms with Gasteiger partial charge in [-0.15, -0.1) is 0 Å². The number of carbonyl (C=O) groups is 1. The highest BCUT2D eigenvalue weighted by molar-refractivity contribution is 7.86. The van der Waals surface area contributed by atoms with Crippen LogP contribution in [-0.2, 0) is 15.6 Å². The van der Waals surface area contributed by atoms with Crippen molar-refractivity contribution in [3.05, 3.63) is 23.8 Å². The third kappa shape index (κ3) is 4.67. The van der Waals surface area contributed by atoms with E-state index < -0.39 is 16.0 Å². The summed E-state index contributed by atoms with van der Waals surface area (Å²) in [6, 6.07) is 5.31. The van der Waals surface area contributed by atoms with Crippen molar-refractivity contribution in [2.45, 2.75) is 38.9 Å². The summed E-state index contributed by atoms with van der Waals surface area (Å²) in [5.41, 5.74) is 7.95. The van der Waals surface area contributed by atoms with Gasteiger partial charge in [-0.1, -0.05) is 13.3 Å². The molecule has 0 fully saturated rings. The van der Waals surface area contributed by atoms with E-state index in [-0.39, 0.29) is 5.91 Å². The summed E-state index contributed by atoms with van der Waals surface area (Å²) in [5, 5.41) is 2.31. The molecular weight excluding hydrogens is 260 g/mol. The van der Waals surface area contributed by atoms with E-state index in [0.717, 1.165) is 24.1 Å². The number of rotatable bonds is 6. The van der Waals surface area contributed by atoms with Gasteiger partial charge >= 0.3 is 0 Å². The molecule has 0 aliphatic rings. The fourth-order valence-corrected chi connectivity index (χ4v) is 2.87. The first kappa shape index (κ1) is 15.7. The Morgan fingerprint density at radius 3 is 2.74 bits per heavy atom. The molecule has 0 spiro atoms. The van der Waals surface area contributed by atoms with Gasteiger partial charge in [-0.25, -0.2) is 0 Å². The topological polar surface area (TPSA) is 72.2 Å². The van der Waals surface area contributed by atoms with Crippen molar-refractivity contribution in [2.24, 2.45) is 0 Å². The second kappa shape index (κ2) is 7.28. The van der Waals surface area contributed by atoms with Crippen molar-refractivity contribution < 1.29 is 9.00 Å². The lowest BCUT2D eigenvalue weighted by Gasteiger charge is -2.13. The zero-order chi connectivity index (χ0) is 14.4. The molecule has 1 aromatic rings. The smallest absolute Gasteiger partial charge is 0.239 e. The number of nitrogen functional groups attached to an aromatic ring is 1. The third-order valence-electron chi connectivity index (χ3n) is 2.97. The van der Waals surface area contributed by atoms with Crippen LogP contribution in [0.25, 0.3) is 0 Å². The number of aryl methyl sites for hydroxylation is 1. The predicted molar refractivity (Wildman–Crippen MR) is 81.6 cm³/mol. The van der Waals surface area contributed by atoms with Gasteiger partial charge in [0, 0.05) is 27.9 Å². The third-order valence-corrected chi connectivity index (χ3v) is 4.66. The molecule has 1 rings (SSSR count). The minimum absolute atomic E-state index is 0.206. The Morgan fingerprint density at radius 1 is 1.47 bits per heavy atom. The highest BCUT2D eigenvalue weighted by Gasteiger charge is 2.19. The molecule has 2 unspecified atom stereocenters. The van der Waals surface area contributed by atoms with Gasteiger partial charge in [-0.2, -0.15) is 0 Å². The minimum Gasteiger partial charge on any atom is -0.399 e. The molecule has 0 aromatic heterocycles. The second-order valence-corrected chi connectivity index (χ2v) is 6.52. The number of anilines is 2. The fourth-order valence-electron chi connectivity index (χ4n) is 1.64. The van der Waals surface area contributed by atoms with Crippen molar-refractivity contribution in [3.63, 3.8) is 0 Å². The Balaban J connectivity index is 2.66. The number of amides is 1. The predicted octanol–water partition coefficient (Wildman–Crippen LogP) is 2.45. The number of hydrogen-bond acceptors (Lipinski definition) is 3. The Bertz CT molecular complexity index is 475. The quantitative estimate of drug-likeness (QED) is 0.787. The first-order valence-corrected chi connectivity index (χ1v) is 7.88. The van der Waals surface area contributed by atoms with Gasteiger partial charge in [0.2, 0.25) is 5.91 Å². The van der Waals surface area contributed by atoms with Gasteiger partial charge in [0.1, 0.15) is 5.25 Å². The Labute approximate surface area is 117 Å². The standard InChI is InChI=1S/C14H22N2O2S/c1-4-5-8-19(18)11(3)14(17)16-13-7-6-12(15)9-10(13)2/h6-7,9,11H,4-5,8,15H2,1-3H3,(H,16,17). The maximum Gasteiger partial charge on any atom is 0.239 e. The fraction of sp³-hybridized carbons (Fsp3) is 0.500. The molecule has 0 saturated heterocycles. The minimum atomic E-state index is -1.12. The van der Waals surface area contributed by atoms with E-state index in [1.807, 2.05) is 13.8 Å². The Morgan fingerprint density at radius 2 is 2.16 bits per heavy atom. The lowest BCUT2D eigenvalue weighted by Crippen LogP contribution is -2.30. The van der Waals surface area contributed by atoms with Crippen LogP contribution >= 0.6 is 0 Å². The van der Waals surface area contributed by atoms with Gasteiger partial charge < -0.3 is 11.1 Å².